The predicted octanol–water partition coefficient (Wildman–Crippen LogP) is 2.65. The van der Waals surface area contributed by atoms with E-state index in [2.05, 4.69) is 31.0 Å². The molecule has 1 N–H and O–H groups in total. The third-order valence-electron chi connectivity index (χ3n) is 4.72. The van der Waals surface area contributed by atoms with Crippen LogP contribution in [0.2, 0.25) is 0 Å². The molecule has 2 fully saturated rings. The highest BCUT2D eigenvalue weighted by molar-refractivity contribution is 4.82. The molecule has 3 atom stereocenters. The van der Waals surface area contributed by atoms with Crippen LogP contribution < -0.4 is 5.32 Å². The largest absolute Gasteiger partial charge is 0.378 e. The van der Waals surface area contributed by atoms with Gasteiger partial charge in [0.1, 0.15) is 0 Å². The van der Waals surface area contributed by atoms with Crippen molar-refractivity contribution in [3.05, 3.63) is 0 Å². The van der Waals surface area contributed by atoms with Crippen LogP contribution in [0.4, 0.5) is 0 Å². The second kappa shape index (κ2) is 7.61. The van der Waals surface area contributed by atoms with Crippen LogP contribution in [0.5, 0.6) is 0 Å². The Bertz CT molecular complexity index is 255. The van der Waals surface area contributed by atoms with E-state index >= 15 is 0 Å². The standard InChI is InChI=1S/C16H32N2O/c1-4-5-16-10-15(7-9-19-16)17-11-14-6-8-18(12-14)13(2)3/h13-17H,4-12H2,1-3H3. The molecule has 0 saturated carbocycles. The monoisotopic (exact) mass is 268 g/mol. The molecule has 2 rings (SSSR count). The Hall–Kier alpha value is -0.120. The van der Waals surface area contributed by atoms with Gasteiger partial charge in [-0.2, -0.15) is 0 Å². The lowest BCUT2D eigenvalue weighted by Gasteiger charge is -2.31. The zero-order chi connectivity index (χ0) is 13.7. The number of ether oxygens (including phenoxy) is 1. The second-order valence-corrected chi connectivity index (χ2v) is 6.65. The highest BCUT2D eigenvalue weighted by Crippen LogP contribution is 2.20. The maximum Gasteiger partial charge on any atom is 0.0589 e. The molecular formula is C16H32N2O. The second-order valence-electron chi connectivity index (χ2n) is 6.65. The van der Waals surface area contributed by atoms with Crippen molar-refractivity contribution in [1.29, 1.82) is 0 Å². The summed E-state index contributed by atoms with van der Waals surface area (Å²) in [6.07, 6.45) is 6.75. The molecule has 2 aliphatic heterocycles. The van der Waals surface area contributed by atoms with Gasteiger partial charge in [-0.15, -0.1) is 0 Å². The van der Waals surface area contributed by atoms with Gasteiger partial charge in [0.2, 0.25) is 0 Å². The van der Waals surface area contributed by atoms with E-state index in [0.29, 0.717) is 18.2 Å². The van der Waals surface area contributed by atoms with Crippen LogP contribution in [0.1, 0.15) is 52.9 Å². The van der Waals surface area contributed by atoms with Gasteiger partial charge in [0.25, 0.3) is 0 Å². The molecule has 0 amide bonds. The quantitative estimate of drug-likeness (QED) is 0.801. The Balaban J connectivity index is 1.65. The number of nitrogens with one attached hydrogen (secondary N) is 1. The molecule has 2 saturated heterocycles. The van der Waals surface area contributed by atoms with E-state index in [1.807, 2.05) is 0 Å². The summed E-state index contributed by atoms with van der Waals surface area (Å²) in [6, 6.07) is 1.40. The van der Waals surface area contributed by atoms with Crippen molar-refractivity contribution in [3.8, 4) is 0 Å². The first kappa shape index (κ1) is 15.3. The number of rotatable bonds is 6. The summed E-state index contributed by atoms with van der Waals surface area (Å²) in [6.45, 7) is 11.6. The third-order valence-corrected chi connectivity index (χ3v) is 4.72. The summed E-state index contributed by atoms with van der Waals surface area (Å²) < 4.78 is 5.82. The summed E-state index contributed by atoms with van der Waals surface area (Å²) in [5.74, 6) is 0.856. The van der Waals surface area contributed by atoms with Crippen LogP contribution >= 0.6 is 0 Å². The molecule has 3 nitrogen and oxygen atoms in total. The first-order chi connectivity index (χ1) is 9.19. The number of hydrogen-bond donors (Lipinski definition) is 1. The summed E-state index contributed by atoms with van der Waals surface area (Å²) in [4.78, 5) is 2.61. The molecule has 0 aromatic carbocycles. The lowest BCUT2D eigenvalue weighted by molar-refractivity contribution is -0.00364. The minimum absolute atomic E-state index is 0.506. The van der Waals surface area contributed by atoms with Gasteiger partial charge in [0, 0.05) is 25.2 Å². The van der Waals surface area contributed by atoms with Gasteiger partial charge in [-0.3, -0.25) is 0 Å². The lowest BCUT2D eigenvalue weighted by atomic mass is 9.99. The Morgan fingerprint density at radius 3 is 2.84 bits per heavy atom. The molecule has 0 aromatic rings. The van der Waals surface area contributed by atoms with Crippen LogP contribution in [0.25, 0.3) is 0 Å². The summed E-state index contributed by atoms with van der Waals surface area (Å²) >= 11 is 0. The van der Waals surface area contributed by atoms with Crippen LogP contribution in [-0.2, 0) is 4.74 Å². The van der Waals surface area contributed by atoms with Crippen LogP contribution in [0.15, 0.2) is 0 Å². The van der Waals surface area contributed by atoms with Gasteiger partial charge in [-0.05, 0) is 58.5 Å². The SMILES string of the molecule is CCCC1CC(NCC2CCN(C(C)C)C2)CCO1. The first-order valence-electron chi connectivity index (χ1n) is 8.28. The topological polar surface area (TPSA) is 24.5 Å². The molecule has 3 heteroatoms. The van der Waals surface area contributed by atoms with Gasteiger partial charge >= 0.3 is 0 Å². The van der Waals surface area contributed by atoms with E-state index in [1.54, 1.807) is 0 Å². The first-order valence-corrected chi connectivity index (χ1v) is 8.28. The molecule has 0 aromatic heterocycles. The predicted molar refractivity (Wildman–Crippen MR) is 80.5 cm³/mol. The molecule has 19 heavy (non-hydrogen) atoms. The van der Waals surface area contributed by atoms with E-state index in [1.165, 1.54) is 51.7 Å². The molecule has 0 aliphatic carbocycles. The Morgan fingerprint density at radius 1 is 1.32 bits per heavy atom. The summed E-state index contributed by atoms with van der Waals surface area (Å²) in [5, 5.41) is 3.80. The molecule has 2 aliphatic rings. The number of nitrogens with zero attached hydrogens (tertiary/aromatic N) is 1. The number of hydrogen-bond acceptors (Lipinski definition) is 3. The fourth-order valence-electron chi connectivity index (χ4n) is 3.42. The Labute approximate surface area is 119 Å². The van der Waals surface area contributed by atoms with Crippen LogP contribution in [-0.4, -0.2) is 49.3 Å². The van der Waals surface area contributed by atoms with E-state index in [4.69, 9.17) is 4.74 Å². The fraction of sp³-hybridized carbons (Fsp3) is 1.00. The Morgan fingerprint density at radius 2 is 2.16 bits per heavy atom. The van der Waals surface area contributed by atoms with Crippen molar-refractivity contribution in [2.75, 3.05) is 26.2 Å². The van der Waals surface area contributed by atoms with Gasteiger partial charge < -0.3 is 15.0 Å². The average Bonchev–Trinajstić information content (AvgIpc) is 2.86. The normalized spacial score (nSPS) is 33.2. The summed E-state index contributed by atoms with van der Waals surface area (Å²) in [7, 11) is 0. The van der Waals surface area contributed by atoms with Crippen molar-refractivity contribution >= 4 is 0 Å². The van der Waals surface area contributed by atoms with E-state index in [-0.39, 0.29) is 0 Å². The van der Waals surface area contributed by atoms with E-state index in [0.717, 1.165) is 12.5 Å². The van der Waals surface area contributed by atoms with Crippen molar-refractivity contribution in [2.24, 2.45) is 5.92 Å². The third kappa shape index (κ3) is 4.73. The van der Waals surface area contributed by atoms with Crippen molar-refractivity contribution in [2.45, 2.75) is 71.1 Å². The highest BCUT2D eigenvalue weighted by atomic mass is 16.5. The zero-order valence-corrected chi connectivity index (χ0v) is 13.0. The summed E-state index contributed by atoms with van der Waals surface area (Å²) in [5.41, 5.74) is 0. The zero-order valence-electron chi connectivity index (χ0n) is 13.0. The van der Waals surface area contributed by atoms with E-state index < -0.39 is 0 Å². The average molecular weight is 268 g/mol. The molecule has 0 radical (unpaired) electrons. The minimum Gasteiger partial charge on any atom is -0.378 e. The molecule has 2 heterocycles. The van der Waals surface area contributed by atoms with Gasteiger partial charge in [0.15, 0.2) is 0 Å². The smallest absolute Gasteiger partial charge is 0.0589 e. The minimum atomic E-state index is 0.506. The molecule has 0 bridgehead atoms. The van der Waals surface area contributed by atoms with Crippen molar-refractivity contribution in [1.82, 2.24) is 10.2 Å². The molecule has 112 valence electrons. The molecule has 3 unspecified atom stereocenters. The van der Waals surface area contributed by atoms with E-state index in [9.17, 15) is 0 Å². The Kier molecular flexibility index (Phi) is 6.11. The van der Waals surface area contributed by atoms with Crippen LogP contribution in [0, 0.1) is 5.92 Å². The van der Waals surface area contributed by atoms with Crippen molar-refractivity contribution < 1.29 is 4.74 Å². The lowest BCUT2D eigenvalue weighted by Crippen LogP contribution is -2.41. The van der Waals surface area contributed by atoms with Gasteiger partial charge in [-0.25, -0.2) is 0 Å². The molecule has 0 spiro atoms. The maximum atomic E-state index is 5.82. The maximum absolute atomic E-state index is 5.82. The highest BCUT2D eigenvalue weighted by Gasteiger charge is 2.26. The van der Waals surface area contributed by atoms with Gasteiger partial charge in [-0.1, -0.05) is 13.3 Å². The fourth-order valence-corrected chi connectivity index (χ4v) is 3.42. The van der Waals surface area contributed by atoms with Crippen LogP contribution in [0.3, 0.4) is 0 Å². The van der Waals surface area contributed by atoms with Gasteiger partial charge in [0.05, 0.1) is 6.10 Å². The van der Waals surface area contributed by atoms with Crippen molar-refractivity contribution in [3.63, 3.8) is 0 Å². The molecular weight excluding hydrogens is 236 g/mol. The number of likely N-dealkylation sites (tertiary alicyclic amines) is 1.